The van der Waals surface area contributed by atoms with Crippen LogP contribution in [0.5, 0.6) is 0 Å². The van der Waals surface area contributed by atoms with E-state index in [4.69, 9.17) is 20.9 Å². The van der Waals surface area contributed by atoms with Gasteiger partial charge >= 0.3 is 12.2 Å². The summed E-state index contributed by atoms with van der Waals surface area (Å²) in [6.07, 6.45) is 1.53. The maximum atomic E-state index is 12.9. The number of pyridine rings is 3. The van der Waals surface area contributed by atoms with E-state index in [9.17, 15) is 19.2 Å². The third kappa shape index (κ3) is 10.9. The smallest absolute Gasteiger partial charge is 0.416 e. The zero-order chi connectivity index (χ0) is 34.1. The van der Waals surface area contributed by atoms with Crippen LogP contribution in [0, 0.1) is 0 Å². The van der Waals surface area contributed by atoms with Crippen molar-refractivity contribution in [1.29, 1.82) is 0 Å². The SMILES string of the molecule is CC(C)(C)OC(=O)N(CCNC(=O)c1cccc(C(=O)NCCN(C(=O)OC(C)(C)C)c2ccc(N)cn2)n1)c1ccc(N)cn1. The van der Waals surface area contributed by atoms with Gasteiger partial charge < -0.3 is 31.6 Å². The van der Waals surface area contributed by atoms with Crippen LogP contribution in [0.15, 0.2) is 54.9 Å². The lowest BCUT2D eigenvalue weighted by molar-refractivity contribution is 0.0568. The zero-order valence-corrected chi connectivity index (χ0v) is 26.9. The van der Waals surface area contributed by atoms with Crippen molar-refractivity contribution in [3.05, 3.63) is 66.2 Å². The number of nitrogens with zero attached hydrogens (tertiary/aromatic N) is 5. The summed E-state index contributed by atoms with van der Waals surface area (Å²) < 4.78 is 11.0. The molecule has 4 amide bonds. The quantitative estimate of drug-likeness (QED) is 0.254. The number of ether oxygens (including phenoxy) is 2. The van der Waals surface area contributed by atoms with E-state index in [1.165, 1.54) is 40.4 Å². The fraction of sp³-hybridized carbons (Fsp3) is 0.387. The largest absolute Gasteiger partial charge is 0.443 e. The van der Waals surface area contributed by atoms with Crippen LogP contribution in [0.4, 0.5) is 32.6 Å². The highest BCUT2D eigenvalue weighted by molar-refractivity contribution is 5.96. The van der Waals surface area contributed by atoms with E-state index >= 15 is 0 Å². The van der Waals surface area contributed by atoms with Crippen LogP contribution in [0.2, 0.25) is 0 Å². The standard InChI is InChI=1S/C31H41N9O6/c1-30(2,3)45-28(43)39(24-12-10-20(32)18-36-24)16-14-34-26(41)22-8-7-9-23(38-22)27(42)35-15-17-40(29(44)46-31(4,5)6)25-13-11-21(33)19-37-25/h7-13,18-19H,14-17,32-33H2,1-6H3,(H,34,41)(H,35,42). The molecule has 0 aliphatic heterocycles. The number of hydrogen-bond donors (Lipinski definition) is 4. The summed E-state index contributed by atoms with van der Waals surface area (Å²) in [5.74, 6) is -0.525. The lowest BCUT2D eigenvalue weighted by Gasteiger charge is -2.27. The minimum Gasteiger partial charge on any atom is -0.443 e. The molecule has 3 heterocycles. The van der Waals surface area contributed by atoms with Gasteiger partial charge in [-0.3, -0.25) is 19.4 Å². The first-order chi connectivity index (χ1) is 21.5. The molecule has 0 fully saturated rings. The Morgan fingerprint density at radius 3 is 1.39 bits per heavy atom. The monoisotopic (exact) mass is 635 g/mol. The van der Waals surface area contributed by atoms with Crippen LogP contribution in [0.25, 0.3) is 0 Å². The van der Waals surface area contributed by atoms with Crippen LogP contribution in [0.1, 0.15) is 62.5 Å². The van der Waals surface area contributed by atoms with E-state index in [1.54, 1.807) is 65.8 Å². The molecule has 3 rings (SSSR count). The van der Waals surface area contributed by atoms with Crippen molar-refractivity contribution in [1.82, 2.24) is 25.6 Å². The highest BCUT2D eigenvalue weighted by atomic mass is 16.6. The molecule has 3 aromatic rings. The van der Waals surface area contributed by atoms with E-state index in [0.29, 0.717) is 23.0 Å². The van der Waals surface area contributed by atoms with Crippen LogP contribution in [0.3, 0.4) is 0 Å². The molecule has 3 aromatic heterocycles. The van der Waals surface area contributed by atoms with Crippen LogP contribution >= 0.6 is 0 Å². The predicted molar refractivity (Wildman–Crippen MR) is 173 cm³/mol. The Bertz CT molecular complexity index is 1410. The second kappa shape index (κ2) is 15.0. The van der Waals surface area contributed by atoms with Gasteiger partial charge in [0.05, 0.1) is 23.8 Å². The average Bonchev–Trinajstić information content (AvgIpc) is 2.97. The number of anilines is 4. The number of carbonyl (C=O) groups is 4. The highest BCUT2D eigenvalue weighted by Gasteiger charge is 2.26. The molecule has 15 heteroatoms. The zero-order valence-electron chi connectivity index (χ0n) is 26.9. The van der Waals surface area contributed by atoms with E-state index in [2.05, 4.69) is 25.6 Å². The van der Waals surface area contributed by atoms with Crippen molar-refractivity contribution in [2.24, 2.45) is 0 Å². The molecule has 246 valence electrons. The van der Waals surface area contributed by atoms with Gasteiger partial charge in [-0.05, 0) is 77.9 Å². The molecule has 0 spiro atoms. The van der Waals surface area contributed by atoms with Crippen LogP contribution in [-0.4, -0.2) is 76.3 Å². The number of aromatic nitrogens is 3. The molecule has 0 aliphatic carbocycles. The van der Waals surface area contributed by atoms with Gasteiger partial charge in [0, 0.05) is 26.2 Å². The fourth-order valence-electron chi connectivity index (χ4n) is 3.78. The minimum atomic E-state index is -0.752. The first kappa shape index (κ1) is 35.0. The maximum Gasteiger partial charge on any atom is 0.416 e. The Balaban J connectivity index is 1.62. The van der Waals surface area contributed by atoms with Crippen molar-refractivity contribution in [2.75, 3.05) is 47.4 Å². The van der Waals surface area contributed by atoms with E-state index < -0.39 is 35.2 Å². The first-order valence-electron chi connectivity index (χ1n) is 14.5. The second-order valence-electron chi connectivity index (χ2n) is 12.1. The third-order valence-electron chi connectivity index (χ3n) is 5.78. The van der Waals surface area contributed by atoms with E-state index in [-0.39, 0.29) is 37.6 Å². The normalized spacial score (nSPS) is 11.3. The van der Waals surface area contributed by atoms with Gasteiger partial charge in [0.25, 0.3) is 11.8 Å². The number of nitrogens with two attached hydrogens (primary N) is 2. The summed E-state index contributed by atoms with van der Waals surface area (Å²) in [5, 5.41) is 5.39. The first-order valence-corrected chi connectivity index (χ1v) is 14.5. The minimum absolute atomic E-state index is 0.0106. The number of rotatable bonds is 10. The van der Waals surface area contributed by atoms with E-state index in [1.807, 2.05) is 0 Å². The topological polar surface area (TPSA) is 208 Å². The molecule has 15 nitrogen and oxygen atoms in total. The number of amides is 4. The lowest BCUT2D eigenvalue weighted by atomic mass is 10.2. The van der Waals surface area contributed by atoms with Gasteiger partial charge in [0.2, 0.25) is 0 Å². The summed E-state index contributed by atoms with van der Waals surface area (Å²) in [7, 11) is 0. The van der Waals surface area contributed by atoms with Crippen molar-refractivity contribution < 1.29 is 28.7 Å². The summed E-state index contributed by atoms with van der Waals surface area (Å²) in [5.41, 5.74) is 10.8. The molecule has 0 saturated carbocycles. The Hall–Kier alpha value is -5.47. The molecule has 0 saturated heterocycles. The number of hydrogen-bond acceptors (Lipinski definition) is 11. The summed E-state index contributed by atoms with van der Waals surface area (Å²) in [4.78, 5) is 66.7. The van der Waals surface area contributed by atoms with Gasteiger partial charge in [-0.25, -0.2) is 24.5 Å². The molecule has 0 unspecified atom stereocenters. The molecular formula is C31H41N9O6. The Morgan fingerprint density at radius 1 is 0.674 bits per heavy atom. The third-order valence-corrected chi connectivity index (χ3v) is 5.78. The molecule has 6 N–H and O–H groups in total. The van der Waals surface area contributed by atoms with Crippen molar-refractivity contribution >= 4 is 47.0 Å². The summed E-state index contributed by atoms with van der Waals surface area (Å²) in [6.45, 7) is 10.6. The van der Waals surface area contributed by atoms with Crippen LogP contribution < -0.4 is 31.9 Å². The Morgan fingerprint density at radius 2 is 1.07 bits per heavy atom. The summed E-state index contributed by atoms with van der Waals surface area (Å²) in [6, 6.07) is 10.8. The molecule has 0 bridgehead atoms. The fourth-order valence-corrected chi connectivity index (χ4v) is 3.78. The van der Waals surface area contributed by atoms with Crippen LogP contribution in [-0.2, 0) is 9.47 Å². The van der Waals surface area contributed by atoms with Gasteiger partial charge in [0.1, 0.15) is 34.2 Å². The molecule has 0 atom stereocenters. The second-order valence-corrected chi connectivity index (χ2v) is 12.1. The molecule has 0 aromatic carbocycles. The van der Waals surface area contributed by atoms with Gasteiger partial charge in [0.15, 0.2) is 0 Å². The van der Waals surface area contributed by atoms with E-state index in [0.717, 1.165) is 0 Å². The van der Waals surface area contributed by atoms with Crippen molar-refractivity contribution in [3.8, 4) is 0 Å². The number of carbonyl (C=O) groups excluding carboxylic acids is 4. The lowest BCUT2D eigenvalue weighted by Crippen LogP contribution is -2.42. The number of nitrogen functional groups attached to an aromatic ring is 2. The van der Waals surface area contributed by atoms with Gasteiger partial charge in [-0.15, -0.1) is 0 Å². The predicted octanol–water partition coefficient (Wildman–Crippen LogP) is 3.38. The number of nitrogens with one attached hydrogen (secondary N) is 2. The Labute approximate surface area is 267 Å². The van der Waals surface area contributed by atoms with Crippen molar-refractivity contribution in [3.63, 3.8) is 0 Å². The van der Waals surface area contributed by atoms with Gasteiger partial charge in [-0.2, -0.15) is 0 Å². The van der Waals surface area contributed by atoms with Gasteiger partial charge in [-0.1, -0.05) is 6.07 Å². The average molecular weight is 636 g/mol. The van der Waals surface area contributed by atoms with Crippen molar-refractivity contribution in [2.45, 2.75) is 52.7 Å². The molecule has 46 heavy (non-hydrogen) atoms. The molecule has 0 radical (unpaired) electrons. The Kier molecular flexibility index (Phi) is 11.4. The molecule has 0 aliphatic rings. The summed E-state index contributed by atoms with van der Waals surface area (Å²) >= 11 is 0. The molecular weight excluding hydrogens is 594 g/mol. The highest BCUT2D eigenvalue weighted by Crippen LogP contribution is 2.18. The maximum absolute atomic E-state index is 12.9.